The summed E-state index contributed by atoms with van der Waals surface area (Å²) in [5.41, 5.74) is 1.71. The van der Waals surface area contributed by atoms with E-state index in [2.05, 4.69) is 25.4 Å². The van der Waals surface area contributed by atoms with Crippen molar-refractivity contribution in [1.29, 1.82) is 0 Å². The maximum Gasteiger partial charge on any atom is 0.266 e. The van der Waals surface area contributed by atoms with E-state index in [-0.39, 0.29) is 24.1 Å². The summed E-state index contributed by atoms with van der Waals surface area (Å²) in [5.74, 6) is -0.300. The first kappa shape index (κ1) is 21.4. The Kier molecular flexibility index (Phi) is 5.51. The van der Waals surface area contributed by atoms with Gasteiger partial charge < -0.3 is 15.1 Å². The van der Waals surface area contributed by atoms with E-state index in [1.807, 2.05) is 11.0 Å². The van der Waals surface area contributed by atoms with Gasteiger partial charge in [0.05, 0.1) is 28.7 Å². The van der Waals surface area contributed by atoms with Crippen LogP contribution in [-0.4, -0.2) is 51.7 Å². The van der Waals surface area contributed by atoms with Crippen molar-refractivity contribution in [3.63, 3.8) is 0 Å². The van der Waals surface area contributed by atoms with Gasteiger partial charge in [-0.3, -0.25) is 9.78 Å². The molecule has 5 rings (SSSR count). The van der Waals surface area contributed by atoms with E-state index in [4.69, 9.17) is 0 Å². The van der Waals surface area contributed by atoms with Gasteiger partial charge in [0.15, 0.2) is 5.82 Å². The van der Waals surface area contributed by atoms with E-state index in [0.29, 0.717) is 36.5 Å². The lowest BCUT2D eigenvalue weighted by Gasteiger charge is -2.38. The van der Waals surface area contributed by atoms with Crippen molar-refractivity contribution in [1.82, 2.24) is 20.1 Å². The molecule has 3 aromatic rings. The number of amides is 1. The number of nitrogens with zero attached hydrogens (tertiary/aromatic N) is 5. The summed E-state index contributed by atoms with van der Waals surface area (Å²) in [6.45, 7) is 3.92. The molecule has 2 saturated heterocycles. The second kappa shape index (κ2) is 8.49. The number of piperazine rings is 1. The summed E-state index contributed by atoms with van der Waals surface area (Å²) in [5, 5.41) is 12.1. The van der Waals surface area contributed by atoms with Gasteiger partial charge in [0.2, 0.25) is 5.91 Å². The first-order valence-electron chi connectivity index (χ1n) is 10.9. The quantitative estimate of drug-likeness (QED) is 0.629. The highest BCUT2D eigenvalue weighted by Gasteiger charge is 2.35. The molecule has 10 heteroatoms. The van der Waals surface area contributed by atoms with E-state index in [9.17, 15) is 18.0 Å². The van der Waals surface area contributed by atoms with E-state index >= 15 is 0 Å². The first-order valence-corrected chi connectivity index (χ1v) is 10.9. The Morgan fingerprint density at radius 3 is 2.91 bits per heavy atom. The first-order chi connectivity index (χ1) is 15.9. The Balaban J connectivity index is 1.42. The van der Waals surface area contributed by atoms with Crippen molar-refractivity contribution >= 4 is 28.3 Å². The third-order valence-electron chi connectivity index (χ3n) is 6.42. The van der Waals surface area contributed by atoms with E-state index < -0.39 is 17.8 Å². The number of hydrogen-bond donors (Lipinski definition) is 1. The molecule has 172 valence electrons. The minimum Gasteiger partial charge on any atom is -0.366 e. The molecule has 2 aliphatic heterocycles. The number of anilines is 2. The molecule has 2 fully saturated rings. The molecular formula is C23H23F3N6O. The van der Waals surface area contributed by atoms with Crippen LogP contribution in [0.15, 0.2) is 30.5 Å². The molecular weight excluding hydrogens is 433 g/mol. The average Bonchev–Trinajstić information content (AvgIpc) is 3.19. The largest absolute Gasteiger partial charge is 0.366 e. The average molecular weight is 456 g/mol. The smallest absolute Gasteiger partial charge is 0.266 e. The van der Waals surface area contributed by atoms with Crippen LogP contribution in [0, 0.1) is 12.7 Å². The van der Waals surface area contributed by atoms with Gasteiger partial charge in [-0.05, 0) is 19.4 Å². The monoisotopic (exact) mass is 456 g/mol. The number of halogens is 3. The fourth-order valence-electron chi connectivity index (χ4n) is 4.63. The maximum absolute atomic E-state index is 14.4. The molecule has 7 nitrogen and oxygen atoms in total. The minimum absolute atomic E-state index is 0.0215. The van der Waals surface area contributed by atoms with E-state index in [1.165, 1.54) is 12.1 Å². The fourth-order valence-corrected chi connectivity index (χ4v) is 4.63. The topological polar surface area (TPSA) is 74.2 Å². The molecule has 0 saturated carbocycles. The van der Waals surface area contributed by atoms with Crippen molar-refractivity contribution < 1.29 is 18.0 Å². The Morgan fingerprint density at radius 1 is 1.24 bits per heavy atom. The lowest BCUT2D eigenvalue weighted by Crippen LogP contribution is -2.51. The number of alkyl halides is 2. The van der Waals surface area contributed by atoms with Crippen LogP contribution in [0.25, 0.3) is 10.9 Å². The normalized spacial score (nSPS) is 18.3. The number of aromatic nitrogens is 3. The van der Waals surface area contributed by atoms with E-state index in [0.717, 1.165) is 30.1 Å². The maximum atomic E-state index is 14.4. The molecule has 4 heterocycles. The molecule has 1 amide bonds. The summed E-state index contributed by atoms with van der Waals surface area (Å²) >= 11 is 0. The summed E-state index contributed by atoms with van der Waals surface area (Å²) in [6.07, 6.45) is 0.365. The standard InChI is InChI=1S/C23H23F3N6O/c1-13-21-18(9-16(11-27-21)31-7-8-32-15(12-31)5-6-19(32)33)23(30-29-13)28-10-14-3-2-4-17(20(14)24)22(25)26/h2-4,9,11,15,22H,5-8,10,12H2,1H3,(H,28,30). The lowest BCUT2D eigenvalue weighted by molar-refractivity contribution is -0.129. The summed E-state index contributed by atoms with van der Waals surface area (Å²) in [6, 6.07) is 6.13. The number of pyridine rings is 1. The van der Waals surface area contributed by atoms with Crippen LogP contribution in [-0.2, 0) is 11.3 Å². The molecule has 33 heavy (non-hydrogen) atoms. The third-order valence-corrected chi connectivity index (χ3v) is 6.42. The highest BCUT2D eigenvalue weighted by molar-refractivity contribution is 5.92. The number of carbonyl (C=O) groups is 1. The Labute approximate surface area is 188 Å². The molecule has 1 atom stereocenters. The van der Waals surface area contributed by atoms with E-state index in [1.54, 1.807) is 13.1 Å². The number of rotatable bonds is 5. The molecule has 0 bridgehead atoms. The number of fused-ring (bicyclic) bond motifs is 2. The van der Waals surface area contributed by atoms with Gasteiger partial charge in [0.1, 0.15) is 5.82 Å². The van der Waals surface area contributed by atoms with Gasteiger partial charge in [-0.1, -0.05) is 18.2 Å². The zero-order valence-corrected chi connectivity index (χ0v) is 18.1. The van der Waals surface area contributed by atoms with Crippen molar-refractivity contribution in [3.05, 3.63) is 53.1 Å². The minimum atomic E-state index is -2.88. The second-order valence-corrected chi connectivity index (χ2v) is 8.42. The fraction of sp³-hybridized carbons (Fsp3) is 0.391. The lowest BCUT2D eigenvalue weighted by atomic mass is 10.1. The third kappa shape index (κ3) is 3.94. The molecule has 1 aromatic carbocycles. The van der Waals surface area contributed by atoms with Crippen molar-refractivity contribution in [2.75, 3.05) is 29.9 Å². The van der Waals surface area contributed by atoms with Gasteiger partial charge in [0.25, 0.3) is 6.43 Å². The molecule has 0 aliphatic carbocycles. The van der Waals surface area contributed by atoms with Crippen LogP contribution in [0.3, 0.4) is 0 Å². The Bertz CT molecular complexity index is 1220. The van der Waals surface area contributed by atoms with Crippen LogP contribution in [0.5, 0.6) is 0 Å². The van der Waals surface area contributed by atoms with Gasteiger partial charge in [-0.2, -0.15) is 5.10 Å². The van der Waals surface area contributed by atoms with Crippen LogP contribution in [0.4, 0.5) is 24.7 Å². The van der Waals surface area contributed by atoms with Crippen molar-refractivity contribution in [2.24, 2.45) is 0 Å². The highest BCUT2D eigenvalue weighted by Crippen LogP contribution is 2.30. The number of hydrogen-bond acceptors (Lipinski definition) is 6. The molecule has 1 N–H and O–H groups in total. The predicted molar refractivity (Wildman–Crippen MR) is 118 cm³/mol. The molecule has 2 aromatic heterocycles. The van der Waals surface area contributed by atoms with Gasteiger partial charge in [-0.25, -0.2) is 13.2 Å². The van der Waals surface area contributed by atoms with Crippen LogP contribution in [0.2, 0.25) is 0 Å². The molecule has 2 aliphatic rings. The number of carbonyl (C=O) groups excluding carboxylic acids is 1. The molecule has 0 spiro atoms. The number of benzene rings is 1. The van der Waals surface area contributed by atoms with Crippen LogP contribution < -0.4 is 10.2 Å². The molecule has 0 radical (unpaired) electrons. The molecule has 1 unspecified atom stereocenters. The highest BCUT2D eigenvalue weighted by atomic mass is 19.3. The van der Waals surface area contributed by atoms with Gasteiger partial charge in [-0.15, -0.1) is 5.10 Å². The summed E-state index contributed by atoms with van der Waals surface area (Å²) in [4.78, 5) is 20.7. The number of aryl methyl sites for hydroxylation is 1. The SMILES string of the molecule is Cc1nnc(NCc2cccc(C(F)F)c2F)c2cc(N3CCN4C(=O)CCC4C3)cnc12. The zero-order chi connectivity index (χ0) is 23.1. The van der Waals surface area contributed by atoms with Crippen LogP contribution >= 0.6 is 0 Å². The Hall–Kier alpha value is -3.43. The van der Waals surface area contributed by atoms with Gasteiger partial charge in [0, 0.05) is 49.6 Å². The number of nitrogens with one attached hydrogen (secondary N) is 1. The predicted octanol–water partition coefficient (Wildman–Crippen LogP) is 3.83. The van der Waals surface area contributed by atoms with Crippen molar-refractivity contribution in [2.45, 2.75) is 38.8 Å². The van der Waals surface area contributed by atoms with Gasteiger partial charge >= 0.3 is 0 Å². The van der Waals surface area contributed by atoms with Crippen molar-refractivity contribution in [3.8, 4) is 0 Å². The summed E-state index contributed by atoms with van der Waals surface area (Å²) < 4.78 is 40.5. The summed E-state index contributed by atoms with van der Waals surface area (Å²) in [7, 11) is 0. The Morgan fingerprint density at radius 2 is 2.09 bits per heavy atom. The van der Waals surface area contributed by atoms with Crippen LogP contribution in [0.1, 0.15) is 36.1 Å². The second-order valence-electron chi connectivity index (χ2n) is 8.42. The zero-order valence-electron chi connectivity index (χ0n) is 18.1.